The largest absolute Gasteiger partial charge is 0.383 e. The number of methoxy groups -OCH3 is 1. The highest BCUT2D eigenvalue weighted by Crippen LogP contribution is 2.35. The number of imidazole rings is 1. The molecule has 0 aliphatic rings. The summed E-state index contributed by atoms with van der Waals surface area (Å²) in [6.45, 7) is 9.13. The number of fused-ring (bicyclic) bond motifs is 1. The van der Waals surface area contributed by atoms with Gasteiger partial charge in [0.15, 0.2) is 0 Å². The monoisotopic (exact) mass is 354 g/mol. The number of rotatable bonds is 6. The first kappa shape index (κ1) is 18.2. The number of hydrogen-bond donors (Lipinski definition) is 2. The number of para-hydroxylation sites is 2. The molecule has 26 heavy (non-hydrogen) atoms. The highest BCUT2D eigenvalue weighted by Gasteiger charge is 2.23. The number of nitrogens with zero attached hydrogens (tertiary/aromatic N) is 2. The van der Waals surface area contributed by atoms with Gasteiger partial charge in [0, 0.05) is 25.3 Å². The maximum absolute atomic E-state index is 12.4. The number of nitrogens with one attached hydrogen (secondary N) is 2. The molecule has 3 rings (SSSR count). The molecule has 0 aliphatic heterocycles. The van der Waals surface area contributed by atoms with Crippen LogP contribution in [0, 0.1) is 19.8 Å². The number of carbonyl (C=O) groups is 1. The first-order valence-electron chi connectivity index (χ1n) is 8.88. The molecule has 138 valence electrons. The Morgan fingerprint density at radius 3 is 2.69 bits per heavy atom. The first-order chi connectivity index (χ1) is 12.4. The molecule has 6 nitrogen and oxygen atoms in total. The van der Waals surface area contributed by atoms with Crippen LogP contribution in [0.5, 0.6) is 0 Å². The summed E-state index contributed by atoms with van der Waals surface area (Å²) < 4.78 is 7.35. The van der Waals surface area contributed by atoms with Crippen molar-refractivity contribution in [3.05, 3.63) is 35.5 Å². The number of H-pyrrole nitrogens is 1. The summed E-state index contributed by atoms with van der Waals surface area (Å²) in [5, 5.41) is 3.10. The quantitative estimate of drug-likeness (QED) is 0.705. The number of ether oxygens (including phenoxy) is 1. The average Bonchev–Trinajstić information content (AvgIpc) is 3.13. The van der Waals surface area contributed by atoms with Crippen molar-refractivity contribution in [1.82, 2.24) is 14.5 Å². The van der Waals surface area contributed by atoms with Gasteiger partial charge in [0.2, 0.25) is 5.91 Å². The lowest BCUT2D eigenvalue weighted by atomic mass is 10.1. The summed E-state index contributed by atoms with van der Waals surface area (Å²) in [6, 6.07) is 7.93. The van der Waals surface area contributed by atoms with Crippen molar-refractivity contribution in [3.63, 3.8) is 0 Å². The normalized spacial score (nSPS) is 11.5. The highest BCUT2D eigenvalue weighted by molar-refractivity contribution is 5.96. The van der Waals surface area contributed by atoms with Gasteiger partial charge in [-0.3, -0.25) is 4.79 Å². The SMILES string of the molecule is COCCn1c(C)c(C)c(-c2nc3ccccc3[nH]2)c1NC(=O)C(C)C. The molecule has 1 aromatic carbocycles. The minimum absolute atomic E-state index is 0.0153. The molecule has 2 N–H and O–H groups in total. The lowest BCUT2D eigenvalue weighted by molar-refractivity contribution is -0.118. The zero-order valence-electron chi connectivity index (χ0n) is 16.0. The summed E-state index contributed by atoms with van der Waals surface area (Å²) in [4.78, 5) is 20.6. The van der Waals surface area contributed by atoms with E-state index in [-0.39, 0.29) is 11.8 Å². The van der Waals surface area contributed by atoms with E-state index >= 15 is 0 Å². The predicted octanol–water partition coefficient (Wildman–Crippen LogP) is 3.89. The van der Waals surface area contributed by atoms with Crippen molar-refractivity contribution in [2.45, 2.75) is 34.2 Å². The molecule has 1 amide bonds. The third kappa shape index (κ3) is 3.24. The zero-order valence-corrected chi connectivity index (χ0v) is 16.0. The van der Waals surface area contributed by atoms with Crippen molar-refractivity contribution in [1.29, 1.82) is 0 Å². The molecule has 0 saturated carbocycles. The van der Waals surface area contributed by atoms with E-state index in [1.165, 1.54) is 0 Å². The Bertz CT molecular complexity index is 904. The van der Waals surface area contributed by atoms with Crippen LogP contribution >= 0.6 is 0 Å². The Balaban J connectivity index is 2.17. The Kier molecular flexibility index (Phi) is 5.13. The molecular formula is C20H26N4O2. The maximum atomic E-state index is 12.4. The topological polar surface area (TPSA) is 71.9 Å². The second kappa shape index (κ2) is 7.33. The predicted molar refractivity (Wildman–Crippen MR) is 104 cm³/mol. The van der Waals surface area contributed by atoms with Crippen molar-refractivity contribution in [2.75, 3.05) is 19.0 Å². The smallest absolute Gasteiger partial charge is 0.228 e. The highest BCUT2D eigenvalue weighted by atomic mass is 16.5. The van der Waals surface area contributed by atoms with E-state index in [1.807, 2.05) is 38.1 Å². The Labute approximate surface area is 153 Å². The van der Waals surface area contributed by atoms with Gasteiger partial charge in [-0.05, 0) is 31.5 Å². The summed E-state index contributed by atoms with van der Waals surface area (Å²) in [6.07, 6.45) is 0. The number of benzene rings is 1. The molecule has 0 unspecified atom stereocenters. The van der Waals surface area contributed by atoms with Crippen LogP contribution < -0.4 is 5.32 Å². The van der Waals surface area contributed by atoms with E-state index in [2.05, 4.69) is 28.7 Å². The van der Waals surface area contributed by atoms with Crippen LogP contribution in [0.4, 0.5) is 5.82 Å². The third-order valence-electron chi connectivity index (χ3n) is 4.74. The molecule has 0 bridgehead atoms. The molecule has 3 aromatic rings. The molecule has 0 radical (unpaired) electrons. The zero-order chi connectivity index (χ0) is 18.8. The Morgan fingerprint density at radius 1 is 1.31 bits per heavy atom. The third-order valence-corrected chi connectivity index (χ3v) is 4.74. The second-order valence-corrected chi connectivity index (χ2v) is 6.82. The molecule has 0 saturated heterocycles. The van der Waals surface area contributed by atoms with Gasteiger partial charge in [-0.15, -0.1) is 0 Å². The van der Waals surface area contributed by atoms with Crippen LogP contribution in [0.15, 0.2) is 24.3 Å². The van der Waals surface area contributed by atoms with E-state index in [1.54, 1.807) is 7.11 Å². The lowest BCUT2D eigenvalue weighted by Gasteiger charge is -2.14. The van der Waals surface area contributed by atoms with E-state index in [0.717, 1.165) is 39.5 Å². The fraction of sp³-hybridized carbons (Fsp3) is 0.400. The number of hydrogen-bond acceptors (Lipinski definition) is 3. The maximum Gasteiger partial charge on any atom is 0.228 e. The van der Waals surface area contributed by atoms with Gasteiger partial charge in [0.25, 0.3) is 0 Å². The van der Waals surface area contributed by atoms with Crippen LogP contribution in [0.1, 0.15) is 25.1 Å². The number of amides is 1. The van der Waals surface area contributed by atoms with Crippen LogP contribution in [0.2, 0.25) is 0 Å². The molecule has 0 atom stereocenters. The lowest BCUT2D eigenvalue weighted by Crippen LogP contribution is -2.21. The summed E-state index contributed by atoms with van der Waals surface area (Å²) in [5.74, 6) is 1.42. The van der Waals surface area contributed by atoms with Gasteiger partial charge in [-0.2, -0.15) is 0 Å². The molecule has 2 heterocycles. The minimum Gasteiger partial charge on any atom is -0.383 e. The molecule has 2 aromatic heterocycles. The van der Waals surface area contributed by atoms with E-state index < -0.39 is 0 Å². The Hall–Kier alpha value is -2.60. The molecule has 6 heteroatoms. The number of aromatic amines is 1. The summed E-state index contributed by atoms with van der Waals surface area (Å²) in [7, 11) is 1.68. The summed E-state index contributed by atoms with van der Waals surface area (Å²) in [5.41, 5.74) is 5.01. The van der Waals surface area contributed by atoms with E-state index in [9.17, 15) is 4.79 Å². The van der Waals surface area contributed by atoms with Gasteiger partial charge in [-0.25, -0.2) is 4.98 Å². The number of anilines is 1. The van der Waals surface area contributed by atoms with E-state index in [0.29, 0.717) is 13.2 Å². The van der Waals surface area contributed by atoms with Gasteiger partial charge in [0.1, 0.15) is 11.6 Å². The Morgan fingerprint density at radius 2 is 2.04 bits per heavy atom. The van der Waals surface area contributed by atoms with Gasteiger partial charge in [0.05, 0.1) is 23.2 Å². The van der Waals surface area contributed by atoms with Crippen LogP contribution in [-0.4, -0.2) is 34.2 Å². The molecular weight excluding hydrogens is 328 g/mol. The molecule has 0 aliphatic carbocycles. The van der Waals surface area contributed by atoms with Crippen LogP contribution in [-0.2, 0) is 16.1 Å². The fourth-order valence-corrected chi connectivity index (χ4v) is 3.08. The minimum atomic E-state index is -0.107. The molecule has 0 spiro atoms. The van der Waals surface area contributed by atoms with Gasteiger partial charge < -0.3 is 19.6 Å². The van der Waals surface area contributed by atoms with Crippen molar-refractivity contribution < 1.29 is 9.53 Å². The summed E-state index contributed by atoms with van der Waals surface area (Å²) >= 11 is 0. The average molecular weight is 354 g/mol. The first-order valence-corrected chi connectivity index (χ1v) is 8.88. The number of aromatic nitrogens is 3. The van der Waals surface area contributed by atoms with Crippen molar-refractivity contribution in [3.8, 4) is 11.4 Å². The standard InChI is InChI=1S/C20H26N4O2/c1-12(2)20(25)23-19-17(13(3)14(4)24(19)10-11-26-5)18-21-15-8-6-7-9-16(15)22-18/h6-9,12H,10-11H2,1-5H3,(H,21,22)(H,23,25). The van der Waals surface area contributed by atoms with E-state index in [4.69, 9.17) is 9.72 Å². The molecule has 0 fully saturated rings. The van der Waals surface area contributed by atoms with Gasteiger partial charge in [-0.1, -0.05) is 26.0 Å². The van der Waals surface area contributed by atoms with Crippen molar-refractivity contribution >= 4 is 22.8 Å². The van der Waals surface area contributed by atoms with Crippen LogP contribution in [0.3, 0.4) is 0 Å². The van der Waals surface area contributed by atoms with Crippen molar-refractivity contribution in [2.24, 2.45) is 5.92 Å². The van der Waals surface area contributed by atoms with Gasteiger partial charge >= 0.3 is 0 Å². The number of carbonyl (C=O) groups excluding carboxylic acids is 1. The van der Waals surface area contributed by atoms with Crippen LogP contribution in [0.25, 0.3) is 22.4 Å². The fourth-order valence-electron chi connectivity index (χ4n) is 3.08. The second-order valence-electron chi connectivity index (χ2n) is 6.82.